The topological polar surface area (TPSA) is 33.0 Å². The average molecular weight is 189 g/mol. The smallest absolute Gasteiger partial charge is 0.0991 e. The molecular formula is C12H15NO. The van der Waals surface area contributed by atoms with Gasteiger partial charge in [-0.05, 0) is 31.5 Å². The summed E-state index contributed by atoms with van der Waals surface area (Å²) in [7, 11) is 1.71. The Morgan fingerprint density at radius 1 is 1.29 bits per heavy atom. The molecule has 0 saturated carbocycles. The summed E-state index contributed by atoms with van der Waals surface area (Å²) in [6, 6.07) is 9.71. The third-order valence-electron chi connectivity index (χ3n) is 2.27. The van der Waals surface area contributed by atoms with E-state index in [1.165, 1.54) is 5.56 Å². The maximum Gasteiger partial charge on any atom is 0.0991 e. The van der Waals surface area contributed by atoms with Crippen LogP contribution in [0.4, 0.5) is 0 Å². The normalized spacial score (nSPS) is 11.0. The minimum atomic E-state index is -0.145. The van der Waals surface area contributed by atoms with E-state index in [2.05, 4.69) is 6.07 Å². The van der Waals surface area contributed by atoms with Crippen molar-refractivity contribution in [1.29, 1.82) is 5.26 Å². The first-order valence-corrected chi connectivity index (χ1v) is 4.61. The summed E-state index contributed by atoms with van der Waals surface area (Å²) in [5, 5.41) is 8.63. The highest BCUT2D eigenvalue weighted by Gasteiger charge is 2.16. The Morgan fingerprint density at radius 3 is 2.29 bits per heavy atom. The highest BCUT2D eigenvalue weighted by Crippen LogP contribution is 2.16. The second-order valence-corrected chi connectivity index (χ2v) is 3.95. The zero-order valence-corrected chi connectivity index (χ0v) is 8.87. The molecule has 1 aromatic rings. The molecule has 0 saturated heterocycles. The van der Waals surface area contributed by atoms with Crippen LogP contribution in [-0.2, 0) is 11.2 Å². The van der Waals surface area contributed by atoms with E-state index in [1.54, 1.807) is 7.11 Å². The van der Waals surface area contributed by atoms with Gasteiger partial charge in [-0.25, -0.2) is 0 Å². The molecule has 14 heavy (non-hydrogen) atoms. The predicted molar refractivity (Wildman–Crippen MR) is 55.9 cm³/mol. The van der Waals surface area contributed by atoms with Crippen LogP contribution in [0.1, 0.15) is 25.0 Å². The van der Waals surface area contributed by atoms with Crippen molar-refractivity contribution in [1.82, 2.24) is 0 Å². The third-order valence-corrected chi connectivity index (χ3v) is 2.27. The third kappa shape index (κ3) is 2.86. The summed E-state index contributed by atoms with van der Waals surface area (Å²) < 4.78 is 5.33. The molecule has 1 rings (SSSR count). The van der Waals surface area contributed by atoms with Crippen molar-refractivity contribution in [3.8, 4) is 6.07 Å². The molecule has 0 aliphatic rings. The van der Waals surface area contributed by atoms with Crippen molar-refractivity contribution in [2.75, 3.05) is 7.11 Å². The molecule has 2 nitrogen and oxygen atoms in total. The van der Waals surface area contributed by atoms with Gasteiger partial charge in [0.2, 0.25) is 0 Å². The molecule has 0 amide bonds. The van der Waals surface area contributed by atoms with E-state index in [9.17, 15) is 0 Å². The second-order valence-electron chi connectivity index (χ2n) is 3.95. The zero-order chi connectivity index (χ0) is 10.6. The van der Waals surface area contributed by atoms with Crippen LogP contribution in [0.2, 0.25) is 0 Å². The number of nitrogens with zero attached hydrogens (tertiary/aromatic N) is 1. The molecule has 0 fully saturated rings. The molecule has 1 aromatic carbocycles. The van der Waals surface area contributed by atoms with Gasteiger partial charge in [-0.3, -0.25) is 0 Å². The lowest BCUT2D eigenvalue weighted by Gasteiger charge is -2.22. The van der Waals surface area contributed by atoms with Gasteiger partial charge in [0.25, 0.3) is 0 Å². The van der Waals surface area contributed by atoms with Gasteiger partial charge in [-0.1, -0.05) is 12.1 Å². The summed E-state index contributed by atoms with van der Waals surface area (Å²) >= 11 is 0. The van der Waals surface area contributed by atoms with Crippen LogP contribution >= 0.6 is 0 Å². The Kier molecular flexibility index (Phi) is 3.27. The van der Waals surface area contributed by atoms with Crippen LogP contribution in [-0.4, -0.2) is 12.7 Å². The molecule has 0 atom stereocenters. The largest absolute Gasteiger partial charge is 0.378 e. The number of hydrogen-bond donors (Lipinski definition) is 0. The zero-order valence-electron chi connectivity index (χ0n) is 8.87. The van der Waals surface area contributed by atoms with Gasteiger partial charge in [0.05, 0.1) is 17.2 Å². The minimum Gasteiger partial charge on any atom is -0.378 e. The van der Waals surface area contributed by atoms with Gasteiger partial charge in [0, 0.05) is 13.5 Å². The molecular weight excluding hydrogens is 174 g/mol. The van der Waals surface area contributed by atoms with Crippen molar-refractivity contribution < 1.29 is 4.74 Å². The van der Waals surface area contributed by atoms with Crippen molar-refractivity contribution in [3.63, 3.8) is 0 Å². The fraction of sp³-hybridized carbons (Fsp3) is 0.417. The number of hydrogen-bond acceptors (Lipinski definition) is 2. The highest BCUT2D eigenvalue weighted by molar-refractivity contribution is 5.32. The van der Waals surface area contributed by atoms with E-state index < -0.39 is 0 Å². The second kappa shape index (κ2) is 4.26. The fourth-order valence-electron chi connectivity index (χ4n) is 1.26. The molecule has 0 spiro atoms. The number of benzene rings is 1. The molecule has 0 aliphatic carbocycles. The van der Waals surface area contributed by atoms with Crippen molar-refractivity contribution >= 4 is 0 Å². The molecule has 0 aliphatic heterocycles. The summed E-state index contributed by atoms with van der Waals surface area (Å²) in [6.45, 7) is 4.09. The average Bonchev–Trinajstić information content (AvgIpc) is 2.19. The van der Waals surface area contributed by atoms with Crippen LogP contribution in [0.5, 0.6) is 0 Å². The maximum absolute atomic E-state index is 8.63. The van der Waals surface area contributed by atoms with Gasteiger partial charge in [0.15, 0.2) is 0 Å². The van der Waals surface area contributed by atoms with Crippen molar-refractivity contribution in [2.24, 2.45) is 0 Å². The first-order valence-electron chi connectivity index (χ1n) is 4.61. The quantitative estimate of drug-likeness (QED) is 0.732. The minimum absolute atomic E-state index is 0.145. The van der Waals surface area contributed by atoms with Gasteiger partial charge in [-0.2, -0.15) is 5.26 Å². The lowest BCUT2D eigenvalue weighted by atomic mass is 9.98. The van der Waals surface area contributed by atoms with Crippen LogP contribution in [0.3, 0.4) is 0 Å². The highest BCUT2D eigenvalue weighted by atomic mass is 16.5. The van der Waals surface area contributed by atoms with Crippen molar-refractivity contribution in [2.45, 2.75) is 25.9 Å². The van der Waals surface area contributed by atoms with Crippen LogP contribution in [0.15, 0.2) is 24.3 Å². The standard InChI is InChI=1S/C12H15NO/c1-12(2,14-3)8-10-4-6-11(9-13)7-5-10/h4-7H,8H2,1-3H3. The summed E-state index contributed by atoms with van der Waals surface area (Å²) in [6.07, 6.45) is 0.856. The number of ether oxygens (including phenoxy) is 1. The van der Waals surface area contributed by atoms with Crippen molar-refractivity contribution in [3.05, 3.63) is 35.4 Å². The number of methoxy groups -OCH3 is 1. The number of rotatable bonds is 3. The van der Waals surface area contributed by atoms with E-state index in [-0.39, 0.29) is 5.60 Å². The van der Waals surface area contributed by atoms with E-state index in [1.807, 2.05) is 38.1 Å². The summed E-state index contributed by atoms with van der Waals surface area (Å²) in [5.41, 5.74) is 1.74. The Balaban J connectivity index is 2.75. The van der Waals surface area contributed by atoms with Crippen LogP contribution in [0.25, 0.3) is 0 Å². The Bertz CT molecular complexity index is 332. The SMILES string of the molecule is COC(C)(C)Cc1ccc(C#N)cc1. The Hall–Kier alpha value is -1.33. The molecule has 0 aromatic heterocycles. The van der Waals surface area contributed by atoms with Crippen LogP contribution in [0, 0.1) is 11.3 Å². The molecule has 0 unspecified atom stereocenters. The molecule has 74 valence electrons. The fourth-order valence-corrected chi connectivity index (χ4v) is 1.26. The molecule has 0 bridgehead atoms. The van der Waals surface area contributed by atoms with E-state index in [0.717, 1.165) is 6.42 Å². The van der Waals surface area contributed by atoms with Gasteiger partial charge in [-0.15, -0.1) is 0 Å². The molecule has 0 N–H and O–H groups in total. The van der Waals surface area contributed by atoms with E-state index >= 15 is 0 Å². The van der Waals surface area contributed by atoms with Gasteiger partial charge < -0.3 is 4.74 Å². The van der Waals surface area contributed by atoms with E-state index in [4.69, 9.17) is 10.00 Å². The molecule has 0 heterocycles. The van der Waals surface area contributed by atoms with E-state index in [0.29, 0.717) is 5.56 Å². The Morgan fingerprint density at radius 2 is 1.86 bits per heavy atom. The lowest BCUT2D eigenvalue weighted by molar-refractivity contribution is 0.0232. The first kappa shape index (κ1) is 10.7. The monoisotopic (exact) mass is 189 g/mol. The van der Waals surface area contributed by atoms with Gasteiger partial charge >= 0.3 is 0 Å². The molecule has 0 radical (unpaired) electrons. The van der Waals surface area contributed by atoms with Gasteiger partial charge in [0.1, 0.15) is 0 Å². The number of nitriles is 1. The first-order chi connectivity index (χ1) is 6.57. The predicted octanol–water partition coefficient (Wildman–Crippen LogP) is 2.53. The van der Waals surface area contributed by atoms with Crippen LogP contribution < -0.4 is 0 Å². The summed E-state index contributed by atoms with van der Waals surface area (Å²) in [5.74, 6) is 0. The molecule has 2 heteroatoms. The lowest BCUT2D eigenvalue weighted by Crippen LogP contribution is -2.25. The summed E-state index contributed by atoms with van der Waals surface area (Å²) in [4.78, 5) is 0. The maximum atomic E-state index is 8.63. The Labute approximate surface area is 85.1 Å².